The lowest BCUT2D eigenvalue weighted by molar-refractivity contribution is 0.104. The fraction of sp³-hybridized carbons (Fsp3) is 0.0714. The molecule has 1 aromatic heterocycles. The summed E-state index contributed by atoms with van der Waals surface area (Å²) in [6.45, 7) is 1.87. The molecule has 2 rings (SSSR count). The molecule has 2 heteroatoms. The minimum absolute atomic E-state index is 0.0188. The van der Waals surface area contributed by atoms with Gasteiger partial charge in [-0.05, 0) is 31.2 Å². The zero-order valence-corrected chi connectivity index (χ0v) is 9.01. The summed E-state index contributed by atoms with van der Waals surface area (Å²) in [6, 6.07) is 12.9. The first kappa shape index (κ1) is 10.4. The maximum absolute atomic E-state index is 11.7. The fourth-order valence-corrected chi connectivity index (χ4v) is 1.40. The van der Waals surface area contributed by atoms with Crippen LogP contribution in [0.3, 0.4) is 0 Å². The molecule has 16 heavy (non-hydrogen) atoms. The predicted octanol–water partition coefficient (Wildman–Crippen LogP) is 3.48. The highest BCUT2D eigenvalue weighted by atomic mass is 16.3. The van der Waals surface area contributed by atoms with Crippen molar-refractivity contribution in [1.82, 2.24) is 0 Å². The van der Waals surface area contributed by atoms with Crippen LogP contribution < -0.4 is 0 Å². The van der Waals surface area contributed by atoms with Gasteiger partial charge in [0.05, 0.1) is 0 Å². The molecule has 1 aromatic carbocycles. The van der Waals surface area contributed by atoms with Crippen LogP contribution in [-0.4, -0.2) is 5.78 Å². The molecule has 0 fully saturated rings. The van der Waals surface area contributed by atoms with Crippen LogP contribution in [0, 0.1) is 6.92 Å². The molecule has 0 aliphatic heterocycles. The van der Waals surface area contributed by atoms with Gasteiger partial charge in [-0.2, -0.15) is 0 Å². The second-order valence-electron chi connectivity index (χ2n) is 3.51. The lowest BCUT2D eigenvalue weighted by Gasteiger charge is -1.92. The highest BCUT2D eigenvalue weighted by Crippen LogP contribution is 2.09. The van der Waals surface area contributed by atoms with Gasteiger partial charge < -0.3 is 4.42 Å². The van der Waals surface area contributed by atoms with Gasteiger partial charge in [0.25, 0.3) is 0 Å². The van der Waals surface area contributed by atoms with Gasteiger partial charge in [0.2, 0.25) is 0 Å². The van der Waals surface area contributed by atoms with Crippen molar-refractivity contribution in [3.05, 3.63) is 65.6 Å². The van der Waals surface area contributed by atoms with Crippen LogP contribution >= 0.6 is 0 Å². The summed E-state index contributed by atoms with van der Waals surface area (Å²) in [5, 5.41) is 0. The van der Waals surface area contributed by atoms with Crippen LogP contribution in [0.4, 0.5) is 0 Å². The number of rotatable bonds is 3. The molecule has 1 heterocycles. The molecule has 0 saturated carbocycles. The van der Waals surface area contributed by atoms with Crippen molar-refractivity contribution >= 4 is 11.9 Å². The summed E-state index contributed by atoms with van der Waals surface area (Å²) in [6.07, 6.45) is 3.20. The van der Waals surface area contributed by atoms with Crippen molar-refractivity contribution in [1.29, 1.82) is 0 Å². The maximum Gasteiger partial charge on any atom is 0.185 e. The van der Waals surface area contributed by atoms with Gasteiger partial charge in [0.15, 0.2) is 5.78 Å². The Labute approximate surface area is 94.2 Å². The SMILES string of the molecule is Cc1ccc(C=CC(=O)c2ccccc2)o1. The minimum Gasteiger partial charge on any atom is -0.462 e. The van der Waals surface area contributed by atoms with E-state index in [1.807, 2.05) is 37.3 Å². The minimum atomic E-state index is -0.0188. The molecule has 80 valence electrons. The first-order chi connectivity index (χ1) is 7.75. The quantitative estimate of drug-likeness (QED) is 0.576. The van der Waals surface area contributed by atoms with Crippen LogP contribution in [0.25, 0.3) is 6.08 Å². The van der Waals surface area contributed by atoms with Crippen LogP contribution in [0.1, 0.15) is 21.9 Å². The molecule has 0 spiro atoms. The number of allylic oxidation sites excluding steroid dienone is 1. The Morgan fingerprint density at radius 1 is 1.12 bits per heavy atom. The van der Waals surface area contributed by atoms with Crippen LogP contribution in [0.15, 0.2) is 53.0 Å². The predicted molar refractivity (Wildman–Crippen MR) is 63.3 cm³/mol. The third-order valence-corrected chi connectivity index (χ3v) is 2.22. The van der Waals surface area contributed by atoms with Crippen molar-refractivity contribution in [2.24, 2.45) is 0 Å². The first-order valence-electron chi connectivity index (χ1n) is 5.09. The van der Waals surface area contributed by atoms with Crippen molar-refractivity contribution in [3.63, 3.8) is 0 Å². The van der Waals surface area contributed by atoms with Crippen LogP contribution in [0.5, 0.6) is 0 Å². The van der Waals surface area contributed by atoms with E-state index in [1.54, 1.807) is 18.2 Å². The number of carbonyl (C=O) groups is 1. The number of benzene rings is 1. The summed E-state index contributed by atoms with van der Waals surface area (Å²) in [5.74, 6) is 1.52. The molecule has 0 atom stereocenters. The Morgan fingerprint density at radius 3 is 2.50 bits per heavy atom. The van der Waals surface area contributed by atoms with Gasteiger partial charge in [-0.15, -0.1) is 0 Å². The Balaban J connectivity index is 2.11. The fourth-order valence-electron chi connectivity index (χ4n) is 1.40. The van der Waals surface area contributed by atoms with Crippen LogP contribution in [0.2, 0.25) is 0 Å². The second kappa shape index (κ2) is 4.62. The number of aryl methyl sites for hydroxylation is 1. The van der Waals surface area contributed by atoms with Crippen molar-refractivity contribution in [3.8, 4) is 0 Å². The molecule has 0 amide bonds. The number of hydrogen-bond acceptors (Lipinski definition) is 2. The zero-order valence-electron chi connectivity index (χ0n) is 9.01. The van der Waals surface area contributed by atoms with Gasteiger partial charge in [0, 0.05) is 5.56 Å². The highest BCUT2D eigenvalue weighted by Gasteiger charge is 2.00. The molecule has 0 radical (unpaired) electrons. The van der Waals surface area contributed by atoms with E-state index in [9.17, 15) is 4.79 Å². The molecular formula is C14H12O2. The molecule has 0 aliphatic carbocycles. The largest absolute Gasteiger partial charge is 0.462 e. The van der Waals surface area contributed by atoms with Gasteiger partial charge in [-0.25, -0.2) is 0 Å². The standard InChI is InChI=1S/C14H12O2/c1-11-7-8-13(16-11)9-10-14(15)12-5-3-2-4-6-12/h2-10H,1H3. The summed E-state index contributed by atoms with van der Waals surface area (Å²) in [4.78, 5) is 11.7. The lowest BCUT2D eigenvalue weighted by atomic mass is 10.1. The Morgan fingerprint density at radius 2 is 1.88 bits per heavy atom. The lowest BCUT2D eigenvalue weighted by Crippen LogP contribution is -1.92. The summed E-state index contributed by atoms with van der Waals surface area (Å²) in [5.41, 5.74) is 0.682. The van der Waals surface area contributed by atoms with Gasteiger partial charge in [-0.1, -0.05) is 30.3 Å². The van der Waals surface area contributed by atoms with Gasteiger partial charge in [-0.3, -0.25) is 4.79 Å². The molecule has 2 nitrogen and oxygen atoms in total. The molecule has 0 bridgehead atoms. The number of ketones is 1. The van der Waals surface area contributed by atoms with E-state index < -0.39 is 0 Å². The highest BCUT2D eigenvalue weighted by molar-refractivity contribution is 6.06. The number of furan rings is 1. The molecule has 0 saturated heterocycles. The van der Waals surface area contributed by atoms with E-state index in [2.05, 4.69) is 0 Å². The normalized spacial score (nSPS) is 10.8. The van der Waals surface area contributed by atoms with E-state index in [1.165, 1.54) is 6.08 Å². The Bertz CT molecular complexity index is 507. The summed E-state index contributed by atoms with van der Waals surface area (Å²) in [7, 11) is 0. The van der Waals surface area contributed by atoms with E-state index in [4.69, 9.17) is 4.42 Å². The molecule has 0 aliphatic rings. The van der Waals surface area contributed by atoms with Crippen LogP contribution in [-0.2, 0) is 0 Å². The van der Waals surface area contributed by atoms with E-state index in [0.717, 1.165) is 5.76 Å². The average molecular weight is 212 g/mol. The topological polar surface area (TPSA) is 30.2 Å². The van der Waals surface area contributed by atoms with E-state index >= 15 is 0 Å². The first-order valence-corrected chi connectivity index (χ1v) is 5.09. The molecule has 2 aromatic rings. The van der Waals surface area contributed by atoms with Crippen molar-refractivity contribution in [2.45, 2.75) is 6.92 Å². The zero-order chi connectivity index (χ0) is 11.4. The third kappa shape index (κ3) is 2.48. The Hall–Kier alpha value is -2.09. The Kier molecular flexibility index (Phi) is 3.01. The number of carbonyl (C=O) groups excluding carboxylic acids is 1. The average Bonchev–Trinajstić information content (AvgIpc) is 2.73. The molecule has 0 N–H and O–H groups in total. The summed E-state index contributed by atoms with van der Waals surface area (Å²) < 4.78 is 5.33. The van der Waals surface area contributed by atoms with E-state index in [-0.39, 0.29) is 5.78 Å². The van der Waals surface area contributed by atoms with Crippen molar-refractivity contribution in [2.75, 3.05) is 0 Å². The molecule has 0 unspecified atom stereocenters. The summed E-state index contributed by atoms with van der Waals surface area (Å²) >= 11 is 0. The third-order valence-electron chi connectivity index (χ3n) is 2.22. The van der Waals surface area contributed by atoms with E-state index in [0.29, 0.717) is 11.3 Å². The van der Waals surface area contributed by atoms with Crippen molar-refractivity contribution < 1.29 is 9.21 Å². The monoisotopic (exact) mass is 212 g/mol. The second-order valence-corrected chi connectivity index (χ2v) is 3.51. The van der Waals surface area contributed by atoms with Gasteiger partial charge in [0.1, 0.15) is 11.5 Å². The molecular weight excluding hydrogens is 200 g/mol. The smallest absolute Gasteiger partial charge is 0.185 e. The number of hydrogen-bond donors (Lipinski definition) is 0. The van der Waals surface area contributed by atoms with Gasteiger partial charge >= 0.3 is 0 Å². The maximum atomic E-state index is 11.7.